The number of benzene rings is 2. The summed E-state index contributed by atoms with van der Waals surface area (Å²) in [5.41, 5.74) is 1.51. The quantitative estimate of drug-likeness (QED) is 0.738. The van der Waals surface area contributed by atoms with Gasteiger partial charge < -0.3 is 4.57 Å². The Labute approximate surface area is 137 Å². The third kappa shape index (κ3) is 3.08. The standard InChI is InChI=1S/C19H12F2N2O/c20-16-6-1-13(2-7-16)12-23-18(10-5-15(11-22)19(23)24)14-3-8-17(21)9-4-14/h1-10H,12H2. The van der Waals surface area contributed by atoms with E-state index in [0.29, 0.717) is 11.3 Å². The Morgan fingerprint density at radius 3 is 2.04 bits per heavy atom. The van der Waals surface area contributed by atoms with Crippen LogP contribution in [0.1, 0.15) is 11.1 Å². The van der Waals surface area contributed by atoms with Crippen LogP contribution in [0.5, 0.6) is 0 Å². The molecular formula is C19H12F2N2O. The third-order valence-electron chi connectivity index (χ3n) is 3.69. The van der Waals surface area contributed by atoms with Crippen LogP contribution in [0, 0.1) is 23.0 Å². The highest BCUT2D eigenvalue weighted by atomic mass is 19.1. The van der Waals surface area contributed by atoms with Crippen LogP contribution in [0.4, 0.5) is 8.78 Å². The molecule has 0 radical (unpaired) electrons. The first-order valence-electron chi connectivity index (χ1n) is 7.23. The molecule has 0 bridgehead atoms. The second-order valence-electron chi connectivity index (χ2n) is 5.27. The third-order valence-corrected chi connectivity index (χ3v) is 3.69. The molecular weight excluding hydrogens is 310 g/mol. The van der Waals surface area contributed by atoms with Crippen molar-refractivity contribution in [3.63, 3.8) is 0 Å². The Morgan fingerprint density at radius 2 is 1.46 bits per heavy atom. The van der Waals surface area contributed by atoms with Crippen molar-refractivity contribution in [3.8, 4) is 17.3 Å². The average Bonchev–Trinajstić information content (AvgIpc) is 2.59. The lowest BCUT2D eigenvalue weighted by atomic mass is 10.1. The van der Waals surface area contributed by atoms with E-state index in [0.717, 1.165) is 5.56 Å². The lowest BCUT2D eigenvalue weighted by molar-refractivity contribution is 0.626. The lowest BCUT2D eigenvalue weighted by Gasteiger charge is -2.14. The Morgan fingerprint density at radius 1 is 0.875 bits per heavy atom. The number of nitriles is 1. The van der Waals surface area contributed by atoms with E-state index in [1.54, 1.807) is 30.3 Å². The van der Waals surface area contributed by atoms with Gasteiger partial charge in [0.1, 0.15) is 23.3 Å². The topological polar surface area (TPSA) is 45.8 Å². The molecule has 0 saturated heterocycles. The van der Waals surface area contributed by atoms with Crippen LogP contribution in [-0.4, -0.2) is 4.57 Å². The molecule has 24 heavy (non-hydrogen) atoms. The van der Waals surface area contributed by atoms with E-state index < -0.39 is 5.56 Å². The zero-order valence-corrected chi connectivity index (χ0v) is 12.5. The lowest BCUT2D eigenvalue weighted by Crippen LogP contribution is -2.24. The number of halogens is 2. The highest BCUT2D eigenvalue weighted by molar-refractivity contribution is 5.60. The van der Waals surface area contributed by atoms with Gasteiger partial charge in [0.25, 0.3) is 5.56 Å². The van der Waals surface area contributed by atoms with Crippen LogP contribution in [0.2, 0.25) is 0 Å². The SMILES string of the molecule is N#Cc1ccc(-c2ccc(F)cc2)n(Cc2ccc(F)cc2)c1=O. The number of nitrogens with zero attached hydrogens (tertiary/aromatic N) is 2. The predicted molar refractivity (Wildman–Crippen MR) is 86.3 cm³/mol. The van der Waals surface area contributed by atoms with Crippen molar-refractivity contribution in [1.82, 2.24) is 4.57 Å². The van der Waals surface area contributed by atoms with E-state index in [4.69, 9.17) is 5.26 Å². The molecule has 3 aromatic rings. The van der Waals surface area contributed by atoms with Gasteiger partial charge in [0.2, 0.25) is 0 Å². The molecule has 2 aromatic carbocycles. The molecule has 0 unspecified atom stereocenters. The summed E-state index contributed by atoms with van der Waals surface area (Å²) in [6.45, 7) is 0.182. The van der Waals surface area contributed by atoms with Crippen molar-refractivity contribution in [3.05, 3.63) is 93.8 Å². The molecule has 1 aromatic heterocycles. The Kier molecular flexibility index (Phi) is 4.21. The van der Waals surface area contributed by atoms with Crippen LogP contribution in [-0.2, 0) is 6.54 Å². The van der Waals surface area contributed by atoms with Crippen LogP contribution >= 0.6 is 0 Å². The molecule has 1 heterocycles. The molecule has 0 atom stereocenters. The van der Waals surface area contributed by atoms with Gasteiger partial charge in [-0.05, 0) is 59.7 Å². The van der Waals surface area contributed by atoms with Crippen LogP contribution < -0.4 is 5.56 Å². The highest BCUT2D eigenvalue weighted by Gasteiger charge is 2.11. The smallest absolute Gasteiger partial charge is 0.269 e. The number of rotatable bonds is 3. The highest BCUT2D eigenvalue weighted by Crippen LogP contribution is 2.20. The molecule has 118 valence electrons. The molecule has 0 fully saturated rings. The van der Waals surface area contributed by atoms with Crippen molar-refractivity contribution >= 4 is 0 Å². The van der Waals surface area contributed by atoms with E-state index in [1.807, 2.05) is 6.07 Å². The molecule has 0 spiro atoms. The van der Waals surface area contributed by atoms with Gasteiger partial charge in [0.05, 0.1) is 12.2 Å². The Balaban J connectivity index is 2.14. The van der Waals surface area contributed by atoms with Crippen molar-refractivity contribution in [2.45, 2.75) is 6.54 Å². The minimum atomic E-state index is -0.441. The molecule has 0 aliphatic carbocycles. The van der Waals surface area contributed by atoms with E-state index in [2.05, 4.69) is 0 Å². The Hall–Kier alpha value is -3.26. The number of hydrogen-bond acceptors (Lipinski definition) is 2. The fraction of sp³-hybridized carbons (Fsp3) is 0.0526. The minimum absolute atomic E-state index is 0.0166. The molecule has 0 aliphatic heterocycles. The zero-order chi connectivity index (χ0) is 17.1. The molecule has 0 N–H and O–H groups in total. The Bertz CT molecular complexity index is 968. The summed E-state index contributed by atoms with van der Waals surface area (Å²) in [4.78, 5) is 12.5. The van der Waals surface area contributed by atoms with Gasteiger partial charge >= 0.3 is 0 Å². The summed E-state index contributed by atoms with van der Waals surface area (Å²) >= 11 is 0. The van der Waals surface area contributed by atoms with E-state index in [-0.39, 0.29) is 23.7 Å². The summed E-state index contributed by atoms with van der Waals surface area (Å²) in [6.07, 6.45) is 0. The number of hydrogen-bond donors (Lipinski definition) is 0. The van der Waals surface area contributed by atoms with Gasteiger partial charge in [-0.15, -0.1) is 0 Å². The first kappa shape index (κ1) is 15.6. The van der Waals surface area contributed by atoms with Crippen LogP contribution in [0.3, 0.4) is 0 Å². The summed E-state index contributed by atoms with van der Waals surface area (Å²) in [5.74, 6) is -0.740. The minimum Gasteiger partial charge on any atom is -0.303 e. The largest absolute Gasteiger partial charge is 0.303 e. The maximum atomic E-state index is 13.1. The van der Waals surface area contributed by atoms with Crippen LogP contribution in [0.15, 0.2) is 65.5 Å². The van der Waals surface area contributed by atoms with E-state index >= 15 is 0 Å². The second-order valence-corrected chi connectivity index (χ2v) is 5.27. The molecule has 3 nitrogen and oxygen atoms in total. The first-order valence-corrected chi connectivity index (χ1v) is 7.23. The van der Waals surface area contributed by atoms with Gasteiger partial charge in [-0.25, -0.2) is 8.78 Å². The van der Waals surface area contributed by atoms with E-state index in [1.165, 1.54) is 34.9 Å². The average molecular weight is 322 g/mol. The van der Waals surface area contributed by atoms with Gasteiger partial charge in [-0.3, -0.25) is 4.79 Å². The molecule has 0 saturated carbocycles. The normalized spacial score (nSPS) is 10.4. The predicted octanol–water partition coefficient (Wildman–Crippen LogP) is 3.71. The van der Waals surface area contributed by atoms with Crippen LogP contribution in [0.25, 0.3) is 11.3 Å². The summed E-state index contributed by atoms with van der Waals surface area (Å²) < 4.78 is 27.6. The zero-order valence-electron chi connectivity index (χ0n) is 12.5. The first-order chi connectivity index (χ1) is 11.6. The summed E-state index contributed by atoms with van der Waals surface area (Å²) in [6, 6.07) is 16.5. The van der Waals surface area contributed by atoms with Gasteiger partial charge in [0, 0.05) is 0 Å². The second kappa shape index (κ2) is 6.47. The van der Waals surface area contributed by atoms with E-state index in [9.17, 15) is 13.6 Å². The fourth-order valence-corrected chi connectivity index (χ4v) is 2.47. The number of pyridine rings is 1. The summed E-state index contributed by atoms with van der Waals surface area (Å²) in [5, 5.41) is 9.08. The molecule has 5 heteroatoms. The van der Waals surface area contributed by atoms with Crippen molar-refractivity contribution < 1.29 is 8.78 Å². The molecule has 0 aliphatic rings. The fourth-order valence-electron chi connectivity index (χ4n) is 2.47. The monoisotopic (exact) mass is 322 g/mol. The molecule has 3 rings (SSSR count). The van der Waals surface area contributed by atoms with Gasteiger partial charge in [-0.1, -0.05) is 12.1 Å². The van der Waals surface area contributed by atoms with Gasteiger partial charge in [-0.2, -0.15) is 5.26 Å². The maximum Gasteiger partial charge on any atom is 0.269 e. The summed E-state index contributed by atoms with van der Waals surface area (Å²) in [7, 11) is 0. The molecule has 0 amide bonds. The van der Waals surface area contributed by atoms with Crippen molar-refractivity contribution in [2.24, 2.45) is 0 Å². The van der Waals surface area contributed by atoms with Crippen molar-refractivity contribution in [1.29, 1.82) is 5.26 Å². The van der Waals surface area contributed by atoms with Crippen molar-refractivity contribution in [2.75, 3.05) is 0 Å². The van der Waals surface area contributed by atoms with Gasteiger partial charge in [0.15, 0.2) is 0 Å². The number of aromatic nitrogens is 1. The maximum absolute atomic E-state index is 13.1.